The van der Waals surface area contributed by atoms with Crippen molar-refractivity contribution >= 4 is 0 Å². The van der Waals surface area contributed by atoms with Crippen LogP contribution in [0, 0.1) is 23.7 Å². The number of hydrogen-bond donors (Lipinski definition) is 3. The predicted octanol–water partition coefficient (Wildman–Crippen LogP) is 3.82. The molecule has 0 radical (unpaired) electrons. The van der Waals surface area contributed by atoms with Gasteiger partial charge in [0.2, 0.25) is 0 Å². The van der Waals surface area contributed by atoms with Crippen molar-refractivity contribution in [1.29, 1.82) is 0 Å². The fourth-order valence-electron chi connectivity index (χ4n) is 5.39. The van der Waals surface area contributed by atoms with Crippen LogP contribution >= 0.6 is 0 Å². The molecule has 3 heteroatoms. The molecule has 0 aromatic heterocycles. The van der Waals surface area contributed by atoms with Gasteiger partial charge in [-0.15, -0.1) is 0 Å². The fourth-order valence-corrected chi connectivity index (χ4v) is 5.39. The Bertz CT molecular complexity index is 467. The summed E-state index contributed by atoms with van der Waals surface area (Å²) in [5.74, 6) is 1.93. The van der Waals surface area contributed by atoms with Gasteiger partial charge in [0.1, 0.15) is 0 Å². The number of unbranched alkanes of at least 4 members (excludes halogenated alkanes) is 2. The Morgan fingerprint density at radius 2 is 2.00 bits per heavy atom. The van der Waals surface area contributed by atoms with Gasteiger partial charge in [-0.2, -0.15) is 0 Å². The number of rotatable bonds is 8. The first kappa shape index (κ1) is 19.1. The summed E-state index contributed by atoms with van der Waals surface area (Å²) in [6.45, 7) is 1.11. The molecule has 142 valence electrons. The predicted molar refractivity (Wildman–Crippen MR) is 103 cm³/mol. The Morgan fingerprint density at radius 3 is 2.76 bits per heavy atom. The Balaban J connectivity index is 1.50. The molecule has 0 heterocycles. The second-order valence-electron chi connectivity index (χ2n) is 8.59. The highest BCUT2D eigenvalue weighted by atomic mass is 16.3. The Morgan fingerprint density at radius 1 is 1.20 bits per heavy atom. The van der Waals surface area contributed by atoms with Crippen LogP contribution in [0.15, 0.2) is 23.8 Å². The Kier molecular flexibility index (Phi) is 7.15. The minimum atomic E-state index is -0.308. The molecule has 3 aliphatic rings. The van der Waals surface area contributed by atoms with E-state index >= 15 is 0 Å². The summed E-state index contributed by atoms with van der Waals surface area (Å²) < 4.78 is 0. The lowest BCUT2D eigenvalue weighted by molar-refractivity contribution is 0.135. The zero-order chi connectivity index (χ0) is 17.6. The van der Waals surface area contributed by atoms with Crippen LogP contribution < -0.4 is 5.32 Å². The van der Waals surface area contributed by atoms with Crippen molar-refractivity contribution in [2.75, 3.05) is 13.6 Å². The van der Waals surface area contributed by atoms with Crippen molar-refractivity contribution in [3.63, 3.8) is 0 Å². The van der Waals surface area contributed by atoms with Gasteiger partial charge < -0.3 is 15.5 Å². The van der Waals surface area contributed by atoms with Crippen LogP contribution in [0.3, 0.4) is 0 Å². The molecule has 3 saturated carbocycles. The summed E-state index contributed by atoms with van der Waals surface area (Å²) in [7, 11) is 2.01. The first-order chi connectivity index (χ1) is 12.2. The third kappa shape index (κ3) is 4.96. The second kappa shape index (κ2) is 9.34. The smallest absolute Gasteiger partial charge is 0.0749 e. The molecular weight excluding hydrogens is 310 g/mol. The van der Waals surface area contributed by atoms with Crippen LogP contribution in [-0.2, 0) is 0 Å². The monoisotopic (exact) mass is 347 g/mol. The fraction of sp³-hybridized carbons (Fsp3) is 0.818. The van der Waals surface area contributed by atoms with E-state index in [9.17, 15) is 10.2 Å². The van der Waals surface area contributed by atoms with Crippen molar-refractivity contribution in [2.24, 2.45) is 23.7 Å². The number of fused-ring (bicyclic) bond motifs is 1. The van der Waals surface area contributed by atoms with E-state index in [1.807, 2.05) is 13.1 Å². The van der Waals surface area contributed by atoms with Gasteiger partial charge in [-0.1, -0.05) is 36.6 Å². The van der Waals surface area contributed by atoms with Gasteiger partial charge in [-0.05, 0) is 82.7 Å². The number of aliphatic hydroxyl groups excluding tert-OH is 2. The maximum absolute atomic E-state index is 10.5. The van der Waals surface area contributed by atoms with Gasteiger partial charge in [0.25, 0.3) is 0 Å². The van der Waals surface area contributed by atoms with E-state index in [2.05, 4.69) is 17.5 Å². The lowest BCUT2D eigenvalue weighted by Gasteiger charge is -2.19. The molecule has 0 unspecified atom stereocenters. The third-order valence-corrected chi connectivity index (χ3v) is 6.84. The minimum Gasteiger partial charge on any atom is -0.392 e. The normalized spacial score (nSPS) is 35.9. The molecule has 0 aromatic rings. The van der Waals surface area contributed by atoms with Crippen LogP contribution in [0.1, 0.15) is 64.2 Å². The van der Waals surface area contributed by atoms with Gasteiger partial charge in [0.05, 0.1) is 12.2 Å². The molecule has 3 N–H and O–H groups in total. The van der Waals surface area contributed by atoms with E-state index in [0.717, 1.165) is 32.2 Å². The number of hydrogen-bond acceptors (Lipinski definition) is 3. The summed E-state index contributed by atoms with van der Waals surface area (Å²) in [5, 5.41) is 24.1. The van der Waals surface area contributed by atoms with E-state index in [4.69, 9.17) is 0 Å². The van der Waals surface area contributed by atoms with Crippen LogP contribution in [0.5, 0.6) is 0 Å². The first-order valence-electron chi connectivity index (χ1n) is 10.6. The molecule has 0 aromatic carbocycles. The lowest BCUT2D eigenvalue weighted by Crippen LogP contribution is -2.19. The topological polar surface area (TPSA) is 52.5 Å². The maximum Gasteiger partial charge on any atom is 0.0749 e. The number of allylic oxidation sites excluding steroid dienone is 2. The molecule has 0 bridgehead atoms. The van der Waals surface area contributed by atoms with Gasteiger partial charge >= 0.3 is 0 Å². The van der Waals surface area contributed by atoms with E-state index < -0.39 is 0 Å². The summed E-state index contributed by atoms with van der Waals surface area (Å²) >= 11 is 0. The van der Waals surface area contributed by atoms with Crippen molar-refractivity contribution < 1.29 is 10.2 Å². The molecule has 0 saturated heterocycles. The van der Waals surface area contributed by atoms with Crippen molar-refractivity contribution in [3.8, 4) is 0 Å². The minimum absolute atomic E-state index is 0.209. The maximum atomic E-state index is 10.5. The van der Waals surface area contributed by atoms with Gasteiger partial charge in [-0.25, -0.2) is 0 Å². The van der Waals surface area contributed by atoms with Crippen LogP contribution in [-0.4, -0.2) is 36.0 Å². The highest BCUT2D eigenvalue weighted by Crippen LogP contribution is 2.50. The molecule has 3 aliphatic carbocycles. The highest BCUT2D eigenvalue weighted by Gasteiger charge is 2.45. The average Bonchev–Trinajstić information content (AvgIpc) is 3.30. The Hall–Kier alpha value is -0.640. The average molecular weight is 348 g/mol. The molecular formula is C22H37NO2. The van der Waals surface area contributed by atoms with Crippen molar-refractivity contribution in [2.45, 2.75) is 76.4 Å². The summed E-state index contributed by atoms with van der Waals surface area (Å²) in [5.41, 5.74) is 1.61. The SMILES string of the molecule is CNCCCC/C=C1\C[C@H]2C[C@@H](O)[C@H](/C=C/[C@@H](O)C3CCCC3)[C@H]2C1. The van der Waals surface area contributed by atoms with Crippen molar-refractivity contribution in [3.05, 3.63) is 23.8 Å². The zero-order valence-corrected chi connectivity index (χ0v) is 15.9. The summed E-state index contributed by atoms with van der Waals surface area (Å²) in [4.78, 5) is 0. The molecule has 0 spiro atoms. The summed E-state index contributed by atoms with van der Waals surface area (Å²) in [6.07, 6.45) is 17.9. The third-order valence-electron chi connectivity index (χ3n) is 6.84. The van der Waals surface area contributed by atoms with Gasteiger partial charge in [0, 0.05) is 5.92 Å². The lowest BCUT2D eigenvalue weighted by atomic mass is 9.89. The molecule has 3 fully saturated rings. The molecule has 25 heavy (non-hydrogen) atoms. The largest absolute Gasteiger partial charge is 0.392 e. The highest BCUT2D eigenvalue weighted by molar-refractivity contribution is 5.18. The Labute approximate surface area is 153 Å². The van der Waals surface area contributed by atoms with Crippen LogP contribution in [0.25, 0.3) is 0 Å². The number of aliphatic hydroxyl groups is 2. The quantitative estimate of drug-likeness (QED) is 0.462. The molecule has 3 rings (SSSR count). The molecule has 0 aliphatic heterocycles. The van der Waals surface area contributed by atoms with E-state index in [1.165, 1.54) is 38.5 Å². The summed E-state index contributed by atoms with van der Waals surface area (Å²) in [6, 6.07) is 0. The number of nitrogens with one attached hydrogen (secondary N) is 1. The molecule has 5 atom stereocenters. The van der Waals surface area contributed by atoms with Crippen molar-refractivity contribution in [1.82, 2.24) is 5.32 Å². The van der Waals surface area contributed by atoms with Crippen LogP contribution in [0.4, 0.5) is 0 Å². The standard InChI is InChI=1S/C22H37NO2/c1-23-12-6-2-3-7-16-13-18-15-22(25)19(20(18)14-16)10-11-21(24)17-8-4-5-9-17/h7,10-11,17-25H,2-6,8-9,12-15H2,1H3/b11-10+,16-7+/t18-,19+,20-,21+,22+/m0/s1. The second-order valence-corrected chi connectivity index (χ2v) is 8.59. The van der Waals surface area contributed by atoms with E-state index in [1.54, 1.807) is 5.57 Å². The zero-order valence-electron chi connectivity index (χ0n) is 15.9. The van der Waals surface area contributed by atoms with Gasteiger partial charge in [-0.3, -0.25) is 0 Å². The first-order valence-corrected chi connectivity index (χ1v) is 10.6. The van der Waals surface area contributed by atoms with E-state index in [0.29, 0.717) is 17.8 Å². The van der Waals surface area contributed by atoms with E-state index in [-0.39, 0.29) is 18.1 Å². The van der Waals surface area contributed by atoms with Crippen LogP contribution in [0.2, 0.25) is 0 Å². The molecule has 3 nitrogen and oxygen atoms in total. The molecule has 0 amide bonds. The van der Waals surface area contributed by atoms with Gasteiger partial charge in [0.15, 0.2) is 0 Å².